The van der Waals surface area contributed by atoms with E-state index in [9.17, 15) is 4.79 Å². The molecule has 1 atom stereocenters. The monoisotopic (exact) mass is 352 g/mol. The third-order valence-corrected chi connectivity index (χ3v) is 4.98. The summed E-state index contributed by atoms with van der Waals surface area (Å²) in [5, 5.41) is 1.12. The van der Waals surface area contributed by atoms with Gasteiger partial charge in [-0.1, -0.05) is 32.0 Å². The topological polar surface area (TPSA) is 88.2 Å². The average molecular weight is 352 g/mol. The lowest BCUT2D eigenvalue weighted by Crippen LogP contribution is -2.46. The van der Waals surface area contributed by atoms with Gasteiger partial charge in [0.25, 0.3) is 0 Å². The van der Waals surface area contributed by atoms with Crippen molar-refractivity contribution in [2.45, 2.75) is 45.2 Å². The molecule has 1 aliphatic rings. The molecule has 0 unspecified atom stereocenters. The predicted molar refractivity (Wildman–Crippen MR) is 99.7 cm³/mol. The van der Waals surface area contributed by atoms with Gasteiger partial charge >= 0.3 is 0 Å². The van der Waals surface area contributed by atoms with Crippen LogP contribution in [0.15, 0.2) is 34.9 Å². The molecule has 0 fully saturated rings. The van der Waals surface area contributed by atoms with E-state index in [1.165, 1.54) is 0 Å². The number of amides is 1. The minimum Gasteiger partial charge on any atom is -0.445 e. The van der Waals surface area contributed by atoms with Crippen molar-refractivity contribution in [2.24, 2.45) is 5.73 Å². The Bertz CT molecular complexity index is 940. The van der Waals surface area contributed by atoms with Crippen LogP contribution in [0, 0.1) is 0 Å². The van der Waals surface area contributed by atoms with Crippen molar-refractivity contribution in [3.05, 3.63) is 53.4 Å². The fourth-order valence-corrected chi connectivity index (χ4v) is 3.51. The Morgan fingerprint density at radius 2 is 2.19 bits per heavy atom. The molecule has 136 valence electrons. The first kappa shape index (κ1) is 16.8. The van der Waals surface area contributed by atoms with Crippen LogP contribution in [-0.4, -0.2) is 33.4 Å². The summed E-state index contributed by atoms with van der Waals surface area (Å²) in [4.78, 5) is 22.4. The highest BCUT2D eigenvalue weighted by Gasteiger charge is 2.29. The van der Waals surface area contributed by atoms with Crippen LogP contribution in [0.2, 0.25) is 0 Å². The zero-order valence-corrected chi connectivity index (χ0v) is 15.2. The summed E-state index contributed by atoms with van der Waals surface area (Å²) in [5.74, 6) is 1.86. The van der Waals surface area contributed by atoms with E-state index in [0.29, 0.717) is 25.9 Å². The van der Waals surface area contributed by atoms with Crippen molar-refractivity contribution in [2.75, 3.05) is 6.54 Å². The molecule has 1 amide bonds. The van der Waals surface area contributed by atoms with Crippen molar-refractivity contribution in [3.8, 4) is 0 Å². The number of nitrogens with one attached hydrogen (secondary N) is 1. The number of aromatic amines is 1. The maximum atomic E-state index is 12.8. The van der Waals surface area contributed by atoms with Crippen LogP contribution in [0.5, 0.6) is 0 Å². The SMILES string of the molecule is CC(C)c1nc2c(o1)CCN(C(=O)[C@H](N)Cc1c[nH]c3ccccc13)C2. The van der Waals surface area contributed by atoms with Crippen LogP contribution in [0.3, 0.4) is 0 Å². The van der Waals surface area contributed by atoms with Gasteiger partial charge in [-0.15, -0.1) is 0 Å². The number of hydrogen-bond donors (Lipinski definition) is 2. The predicted octanol–water partition coefficient (Wildman–Crippen LogP) is 2.73. The van der Waals surface area contributed by atoms with Crippen LogP contribution in [0.4, 0.5) is 0 Å². The summed E-state index contributed by atoms with van der Waals surface area (Å²) >= 11 is 0. The summed E-state index contributed by atoms with van der Waals surface area (Å²) in [6.45, 7) is 5.21. The maximum absolute atomic E-state index is 12.8. The van der Waals surface area contributed by atoms with Gasteiger partial charge in [0.15, 0.2) is 5.89 Å². The highest BCUT2D eigenvalue weighted by Crippen LogP contribution is 2.25. The number of H-pyrrole nitrogens is 1. The average Bonchev–Trinajstić information content (AvgIpc) is 3.25. The van der Waals surface area contributed by atoms with E-state index < -0.39 is 6.04 Å². The van der Waals surface area contributed by atoms with Crippen LogP contribution >= 0.6 is 0 Å². The standard InChI is InChI=1S/C20H24N4O2/c1-12(2)19-23-17-11-24(8-7-18(17)26-19)20(25)15(21)9-13-10-22-16-6-4-3-5-14(13)16/h3-6,10,12,15,22H,7-9,11,21H2,1-2H3/t15-/m1/s1. The summed E-state index contributed by atoms with van der Waals surface area (Å²) in [5.41, 5.74) is 9.26. The van der Waals surface area contributed by atoms with Crippen molar-refractivity contribution in [1.29, 1.82) is 0 Å². The fourth-order valence-electron chi connectivity index (χ4n) is 3.51. The first-order valence-electron chi connectivity index (χ1n) is 9.10. The van der Waals surface area contributed by atoms with Crippen molar-refractivity contribution < 1.29 is 9.21 Å². The molecule has 4 rings (SSSR count). The minimum absolute atomic E-state index is 0.0324. The van der Waals surface area contributed by atoms with Gasteiger partial charge in [-0.05, 0) is 18.1 Å². The number of carbonyl (C=O) groups is 1. The minimum atomic E-state index is -0.563. The molecule has 3 aromatic rings. The third-order valence-electron chi connectivity index (χ3n) is 4.98. The first-order valence-corrected chi connectivity index (χ1v) is 9.10. The highest BCUT2D eigenvalue weighted by atomic mass is 16.4. The van der Waals surface area contributed by atoms with E-state index in [0.717, 1.165) is 33.8 Å². The van der Waals surface area contributed by atoms with E-state index in [2.05, 4.69) is 23.8 Å². The van der Waals surface area contributed by atoms with Gasteiger partial charge in [0.05, 0.1) is 12.6 Å². The van der Waals surface area contributed by atoms with E-state index in [1.807, 2.05) is 30.5 Å². The zero-order chi connectivity index (χ0) is 18.3. The Hall–Kier alpha value is -2.60. The first-order chi connectivity index (χ1) is 12.5. The largest absolute Gasteiger partial charge is 0.445 e. The number of nitrogens with zero attached hydrogens (tertiary/aromatic N) is 2. The van der Waals surface area contributed by atoms with Crippen LogP contribution in [-0.2, 0) is 24.2 Å². The Morgan fingerprint density at radius 3 is 3.00 bits per heavy atom. The number of nitrogens with two attached hydrogens (primary N) is 1. The van der Waals surface area contributed by atoms with E-state index in [-0.39, 0.29) is 11.8 Å². The Labute approximate surface area is 152 Å². The summed E-state index contributed by atoms with van der Waals surface area (Å²) < 4.78 is 5.81. The normalized spacial score (nSPS) is 15.5. The smallest absolute Gasteiger partial charge is 0.240 e. The van der Waals surface area contributed by atoms with Gasteiger partial charge < -0.3 is 20.0 Å². The molecule has 6 nitrogen and oxygen atoms in total. The molecule has 0 saturated heterocycles. The molecule has 0 radical (unpaired) electrons. The number of carbonyl (C=O) groups excluding carboxylic acids is 1. The van der Waals surface area contributed by atoms with Gasteiger partial charge in [-0.25, -0.2) is 4.98 Å². The molecule has 3 heterocycles. The molecule has 6 heteroatoms. The Balaban J connectivity index is 1.47. The van der Waals surface area contributed by atoms with Crippen molar-refractivity contribution >= 4 is 16.8 Å². The number of aromatic nitrogens is 2. The number of benzene rings is 1. The molecule has 3 N–H and O–H groups in total. The van der Waals surface area contributed by atoms with E-state index in [1.54, 1.807) is 4.90 Å². The van der Waals surface area contributed by atoms with Gasteiger partial charge in [0.2, 0.25) is 5.91 Å². The molecule has 26 heavy (non-hydrogen) atoms. The molecule has 0 saturated carbocycles. The second kappa shape index (κ2) is 6.61. The number of rotatable bonds is 4. The molecule has 1 aliphatic heterocycles. The number of oxazole rings is 1. The number of hydrogen-bond acceptors (Lipinski definition) is 4. The van der Waals surface area contributed by atoms with Gasteiger partial charge in [0, 0.05) is 36.0 Å². The van der Waals surface area contributed by atoms with Crippen LogP contribution in [0.1, 0.15) is 42.7 Å². The fraction of sp³-hybridized carbons (Fsp3) is 0.400. The molecular weight excluding hydrogens is 328 g/mol. The second-order valence-electron chi connectivity index (χ2n) is 7.26. The van der Waals surface area contributed by atoms with Crippen LogP contribution < -0.4 is 5.73 Å². The van der Waals surface area contributed by atoms with E-state index >= 15 is 0 Å². The molecule has 0 bridgehead atoms. The Morgan fingerprint density at radius 1 is 1.38 bits per heavy atom. The van der Waals surface area contributed by atoms with Gasteiger partial charge in [-0.3, -0.25) is 4.79 Å². The van der Waals surface area contributed by atoms with Crippen LogP contribution in [0.25, 0.3) is 10.9 Å². The number of fused-ring (bicyclic) bond motifs is 2. The third kappa shape index (κ3) is 3.01. The lowest BCUT2D eigenvalue weighted by molar-refractivity contribution is -0.133. The maximum Gasteiger partial charge on any atom is 0.240 e. The Kier molecular flexibility index (Phi) is 4.28. The van der Waals surface area contributed by atoms with Gasteiger partial charge in [-0.2, -0.15) is 0 Å². The van der Waals surface area contributed by atoms with Gasteiger partial charge in [0.1, 0.15) is 11.5 Å². The summed E-state index contributed by atoms with van der Waals surface area (Å²) in [6.07, 6.45) is 3.15. The molecule has 0 aliphatic carbocycles. The lowest BCUT2D eigenvalue weighted by Gasteiger charge is -2.27. The summed E-state index contributed by atoms with van der Waals surface area (Å²) in [6, 6.07) is 7.49. The summed E-state index contributed by atoms with van der Waals surface area (Å²) in [7, 11) is 0. The van der Waals surface area contributed by atoms with Crippen molar-refractivity contribution in [1.82, 2.24) is 14.9 Å². The molecule has 1 aromatic carbocycles. The molecule has 2 aromatic heterocycles. The second-order valence-corrected chi connectivity index (χ2v) is 7.26. The molecule has 0 spiro atoms. The zero-order valence-electron chi connectivity index (χ0n) is 15.2. The highest BCUT2D eigenvalue weighted by molar-refractivity contribution is 5.86. The van der Waals surface area contributed by atoms with Crippen molar-refractivity contribution in [3.63, 3.8) is 0 Å². The lowest BCUT2D eigenvalue weighted by atomic mass is 10.0. The molecular formula is C20H24N4O2. The quantitative estimate of drug-likeness (QED) is 0.756. The van der Waals surface area contributed by atoms with E-state index in [4.69, 9.17) is 10.2 Å². The number of para-hydroxylation sites is 1.